The highest BCUT2D eigenvalue weighted by Gasteiger charge is 2.31. The molecule has 184 valence electrons. The Hall–Kier alpha value is -3.87. The first-order valence-corrected chi connectivity index (χ1v) is 12.7. The number of benzene rings is 2. The summed E-state index contributed by atoms with van der Waals surface area (Å²) in [7, 11) is -3.77. The van der Waals surface area contributed by atoms with Gasteiger partial charge in [0.1, 0.15) is 0 Å². The van der Waals surface area contributed by atoms with Gasteiger partial charge in [0.05, 0.1) is 4.90 Å². The van der Waals surface area contributed by atoms with E-state index in [0.29, 0.717) is 15.3 Å². The summed E-state index contributed by atoms with van der Waals surface area (Å²) in [5.41, 5.74) is -0.370. The molecule has 1 aliphatic heterocycles. The molecule has 0 unspecified atom stereocenters. The van der Waals surface area contributed by atoms with Crippen LogP contribution in [0.25, 0.3) is 22.0 Å². The van der Waals surface area contributed by atoms with E-state index >= 15 is 0 Å². The third kappa shape index (κ3) is 4.53. The van der Waals surface area contributed by atoms with Gasteiger partial charge in [-0.2, -0.15) is 19.1 Å². The lowest BCUT2D eigenvalue weighted by Gasteiger charge is -2.33. The monoisotopic (exact) mass is 526 g/mol. The average molecular weight is 527 g/mol. The van der Waals surface area contributed by atoms with Crippen molar-refractivity contribution in [3.63, 3.8) is 0 Å². The maximum Gasteiger partial charge on any atom is 0.300 e. The van der Waals surface area contributed by atoms with Crippen molar-refractivity contribution in [1.29, 1.82) is 0 Å². The van der Waals surface area contributed by atoms with Gasteiger partial charge in [0.25, 0.3) is 11.5 Å². The van der Waals surface area contributed by atoms with E-state index in [1.165, 1.54) is 39.8 Å². The van der Waals surface area contributed by atoms with Crippen molar-refractivity contribution >= 4 is 38.3 Å². The van der Waals surface area contributed by atoms with E-state index < -0.39 is 21.5 Å². The second-order valence-electron chi connectivity index (χ2n) is 8.13. The molecule has 0 bridgehead atoms. The van der Waals surface area contributed by atoms with Gasteiger partial charge in [-0.1, -0.05) is 23.7 Å². The van der Waals surface area contributed by atoms with Crippen molar-refractivity contribution in [1.82, 2.24) is 24.4 Å². The number of hydrogen-bond donors (Lipinski definition) is 1. The van der Waals surface area contributed by atoms with E-state index in [1.807, 2.05) is 0 Å². The molecule has 36 heavy (non-hydrogen) atoms. The predicted molar refractivity (Wildman–Crippen MR) is 131 cm³/mol. The van der Waals surface area contributed by atoms with Gasteiger partial charge >= 0.3 is 0 Å². The number of aromatic nitrogens is 4. The number of sulfonamides is 1. The molecule has 4 aromatic rings. The van der Waals surface area contributed by atoms with Crippen LogP contribution in [0.4, 0.5) is 0 Å². The van der Waals surface area contributed by atoms with Crippen LogP contribution in [0, 0.1) is 5.21 Å². The first-order valence-electron chi connectivity index (χ1n) is 10.9. The van der Waals surface area contributed by atoms with Crippen molar-refractivity contribution in [2.75, 3.05) is 26.2 Å². The smallest absolute Gasteiger partial charge is 0.300 e. The van der Waals surface area contributed by atoms with Crippen molar-refractivity contribution < 1.29 is 17.9 Å². The Morgan fingerprint density at radius 3 is 2.36 bits per heavy atom. The number of aromatic amines is 1. The third-order valence-corrected chi connectivity index (χ3v) is 8.03. The topological polar surface area (TPSA) is 143 Å². The summed E-state index contributed by atoms with van der Waals surface area (Å²) in [5.74, 6) is -0.806. The third-order valence-electron chi connectivity index (χ3n) is 5.90. The lowest BCUT2D eigenvalue weighted by molar-refractivity contribution is -0.605. The first-order chi connectivity index (χ1) is 17.2. The van der Waals surface area contributed by atoms with E-state index in [9.17, 15) is 23.2 Å². The summed E-state index contributed by atoms with van der Waals surface area (Å²) in [6.07, 6.45) is 2.44. The fourth-order valence-electron chi connectivity index (χ4n) is 3.98. The molecule has 0 atom stereocenters. The van der Waals surface area contributed by atoms with Crippen LogP contribution in [0.3, 0.4) is 0 Å². The quantitative estimate of drug-likeness (QED) is 0.313. The molecule has 1 aliphatic rings. The molecule has 0 spiro atoms. The highest BCUT2D eigenvalue weighted by Crippen LogP contribution is 2.25. The van der Waals surface area contributed by atoms with Crippen molar-refractivity contribution in [3.05, 3.63) is 87.3 Å². The number of pyridine rings is 1. The highest BCUT2D eigenvalue weighted by atomic mass is 35.5. The van der Waals surface area contributed by atoms with Gasteiger partial charge in [-0.25, -0.2) is 8.42 Å². The molecule has 5 rings (SSSR count). The minimum Gasteiger partial charge on any atom is -0.619 e. The Balaban J connectivity index is 1.29. The fraction of sp³-hybridized carbons (Fsp3) is 0.174. The zero-order valence-electron chi connectivity index (χ0n) is 18.7. The van der Waals surface area contributed by atoms with Crippen LogP contribution in [0.5, 0.6) is 0 Å². The number of rotatable bonds is 4. The van der Waals surface area contributed by atoms with E-state index in [1.54, 1.807) is 30.3 Å². The Labute approximate surface area is 210 Å². The number of halogens is 1. The Kier molecular flexibility index (Phi) is 6.16. The highest BCUT2D eigenvalue weighted by molar-refractivity contribution is 7.89. The second kappa shape index (κ2) is 9.30. The summed E-state index contributed by atoms with van der Waals surface area (Å²) in [6.45, 7) is 0.410. The van der Waals surface area contributed by atoms with Crippen LogP contribution in [-0.4, -0.2) is 64.9 Å². The minimum atomic E-state index is -3.77. The van der Waals surface area contributed by atoms with Gasteiger partial charge < -0.3 is 10.1 Å². The van der Waals surface area contributed by atoms with Crippen LogP contribution < -0.4 is 10.3 Å². The standard InChI is InChI=1S/C23H19ClN6O5S/c24-18-3-1-17-14-19(4-2-16(17)13-18)36(34,35)30-11-9-28(10-12-30)23(32)21-25-22(31)20(26-27-21)15-5-7-29(33)8-6-15/h1-8,13-14H,9-12H2,(H,25,27,31). The lowest BCUT2D eigenvalue weighted by Crippen LogP contribution is -2.51. The summed E-state index contributed by atoms with van der Waals surface area (Å²) in [6, 6.07) is 12.9. The predicted octanol–water partition coefficient (Wildman–Crippen LogP) is 1.42. The molecule has 1 amide bonds. The molecule has 1 N–H and O–H groups in total. The zero-order valence-corrected chi connectivity index (χ0v) is 20.2. The van der Waals surface area contributed by atoms with Gasteiger partial charge in [0.15, 0.2) is 18.1 Å². The molecule has 13 heteroatoms. The molecule has 2 aromatic heterocycles. The summed E-state index contributed by atoms with van der Waals surface area (Å²) < 4.78 is 28.3. The second-order valence-corrected chi connectivity index (χ2v) is 10.5. The van der Waals surface area contributed by atoms with E-state index in [-0.39, 0.29) is 42.6 Å². The van der Waals surface area contributed by atoms with E-state index in [0.717, 1.165) is 10.8 Å². The molecule has 0 aliphatic carbocycles. The number of carbonyl (C=O) groups is 1. The number of fused-ring (bicyclic) bond motifs is 1. The summed E-state index contributed by atoms with van der Waals surface area (Å²) >= 11 is 6.01. The molecular formula is C23H19ClN6O5S. The maximum atomic E-state index is 13.2. The molecule has 0 radical (unpaired) electrons. The molecule has 1 saturated heterocycles. The van der Waals surface area contributed by atoms with Crippen LogP contribution in [0.1, 0.15) is 10.6 Å². The van der Waals surface area contributed by atoms with Crippen LogP contribution in [0.2, 0.25) is 5.02 Å². The number of carbonyl (C=O) groups excluding carboxylic acids is 1. The molecular weight excluding hydrogens is 508 g/mol. The number of amides is 1. The molecule has 3 heterocycles. The largest absolute Gasteiger partial charge is 0.619 e. The van der Waals surface area contributed by atoms with Crippen LogP contribution in [-0.2, 0) is 10.0 Å². The minimum absolute atomic E-state index is 0.0271. The first kappa shape index (κ1) is 23.9. The van der Waals surface area contributed by atoms with Gasteiger partial charge in [-0.15, -0.1) is 0 Å². The van der Waals surface area contributed by atoms with Gasteiger partial charge in [0.2, 0.25) is 15.8 Å². The van der Waals surface area contributed by atoms with Crippen LogP contribution in [0.15, 0.2) is 70.6 Å². The number of piperazine rings is 1. The normalized spacial score (nSPS) is 14.8. The Morgan fingerprint density at radius 2 is 1.67 bits per heavy atom. The Bertz CT molecular complexity index is 1630. The van der Waals surface area contributed by atoms with Gasteiger partial charge in [-0.3, -0.25) is 14.7 Å². The van der Waals surface area contributed by atoms with Crippen molar-refractivity contribution in [2.24, 2.45) is 0 Å². The molecule has 2 aromatic carbocycles. The SMILES string of the molecule is O=C(c1nc(=O)c(-c2cc[n+]([O-])cc2)n[nH]1)N1CCN(S(=O)(=O)c2ccc3cc(Cl)ccc3c2)CC1. The summed E-state index contributed by atoms with van der Waals surface area (Å²) in [4.78, 5) is 30.7. The average Bonchev–Trinajstić information content (AvgIpc) is 2.88. The van der Waals surface area contributed by atoms with E-state index in [2.05, 4.69) is 15.2 Å². The van der Waals surface area contributed by atoms with Crippen LogP contribution >= 0.6 is 11.6 Å². The molecule has 11 nitrogen and oxygen atoms in total. The van der Waals surface area contributed by atoms with Crippen molar-refractivity contribution in [2.45, 2.75) is 4.90 Å². The number of nitrogens with one attached hydrogen (secondary N) is 1. The maximum absolute atomic E-state index is 13.2. The van der Waals surface area contributed by atoms with Gasteiger partial charge in [-0.05, 0) is 35.0 Å². The lowest BCUT2D eigenvalue weighted by atomic mass is 10.1. The Morgan fingerprint density at radius 1 is 1.00 bits per heavy atom. The zero-order chi connectivity index (χ0) is 25.4. The van der Waals surface area contributed by atoms with Crippen molar-refractivity contribution in [3.8, 4) is 11.3 Å². The number of hydrogen-bond acceptors (Lipinski definition) is 7. The number of nitrogens with zero attached hydrogens (tertiary/aromatic N) is 5. The fourth-order valence-corrected chi connectivity index (χ4v) is 5.61. The molecule has 1 fully saturated rings. The van der Waals surface area contributed by atoms with E-state index in [4.69, 9.17) is 11.6 Å². The van der Waals surface area contributed by atoms with Gasteiger partial charge in [0, 0.05) is 48.9 Å². The molecule has 0 saturated carbocycles. The number of H-pyrrole nitrogens is 1. The summed E-state index contributed by atoms with van der Waals surface area (Å²) in [5, 5.41) is 19.8.